The summed E-state index contributed by atoms with van der Waals surface area (Å²) in [4.78, 5) is 27.9. The average Bonchev–Trinajstić information content (AvgIpc) is 2.92. The standard InChI is InChI=1S/C31H33F2NO2/c32-31(33,28-18-15-26(16-19-28)22-25-12-6-2-7-13-25)29(35)23-27(17-14-24-10-4-1-5-11-24)30(36)34-20-8-3-9-21-34/h1-2,4-7,10-13,15-16,18-19,27H,3,8-9,14,17,20-23H2. The third kappa shape index (κ3) is 6.66. The Morgan fingerprint density at radius 2 is 1.31 bits per heavy atom. The maximum atomic E-state index is 15.3. The van der Waals surface area contributed by atoms with Crippen molar-refractivity contribution in [2.75, 3.05) is 13.1 Å². The fourth-order valence-corrected chi connectivity index (χ4v) is 4.85. The summed E-state index contributed by atoms with van der Waals surface area (Å²) in [6, 6.07) is 25.4. The van der Waals surface area contributed by atoms with E-state index >= 15 is 8.78 Å². The van der Waals surface area contributed by atoms with Gasteiger partial charge in [0.25, 0.3) is 0 Å². The van der Waals surface area contributed by atoms with Gasteiger partial charge in [-0.3, -0.25) is 9.59 Å². The molecule has 5 heteroatoms. The lowest BCUT2D eigenvalue weighted by molar-refractivity contribution is -0.149. The third-order valence-electron chi connectivity index (χ3n) is 6.99. The molecule has 1 heterocycles. The maximum absolute atomic E-state index is 15.3. The van der Waals surface area contributed by atoms with Gasteiger partial charge in [-0.2, -0.15) is 8.78 Å². The Balaban J connectivity index is 1.45. The van der Waals surface area contributed by atoms with E-state index in [2.05, 4.69) is 0 Å². The molecule has 4 rings (SSSR count). The number of ketones is 1. The van der Waals surface area contributed by atoms with E-state index in [1.54, 1.807) is 17.0 Å². The number of hydrogen-bond acceptors (Lipinski definition) is 2. The molecule has 1 amide bonds. The van der Waals surface area contributed by atoms with Crippen LogP contribution in [0.2, 0.25) is 0 Å². The van der Waals surface area contributed by atoms with Gasteiger partial charge in [0.15, 0.2) is 0 Å². The lowest BCUT2D eigenvalue weighted by atomic mass is 9.89. The van der Waals surface area contributed by atoms with Gasteiger partial charge in [0, 0.05) is 31.0 Å². The first-order chi connectivity index (χ1) is 17.4. The summed E-state index contributed by atoms with van der Waals surface area (Å²) in [5.74, 6) is -5.76. The number of Topliss-reactive ketones (excluding diaryl/α,β-unsaturated/α-hetero) is 1. The predicted octanol–water partition coefficient (Wildman–Crippen LogP) is 6.59. The molecule has 188 valence electrons. The second-order valence-corrected chi connectivity index (χ2v) is 9.67. The van der Waals surface area contributed by atoms with Crippen molar-refractivity contribution < 1.29 is 18.4 Å². The molecule has 3 aromatic carbocycles. The van der Waals surface area contributed by atoms with Crippen LogP contribution in [0.15, 0.2) is 84.9 Å². The highest BCUT2D eigenvalue weighted by Gasteiger charge is 2.42. The Morgan fingerprint density at radius 3 is 1.92 bits per heavy atom. The highest BCUT2D eigenvalue weighted by atomic mass is 19.3. The predicted molar refractivity (Wildman–Crippen MR) is 138 cm³/mol. The molecule has 0 spiro atoms. The van der Waals surface area contributed by atoms with Crippen LogP contribution in [0.1, 0.15) is 54.4 Å². The number of carbonyl (C=O) groups is 2. The van der Waals surface area contributed by atoms with Crippen LogP contribution in [0.4, 0.5) is 8.78 Å². The average molecular weight is 490 g/mol. The number of likely N-dealkylation sites (tertiary alicyclic amines) is 1. The molecular formula is C31H33F2NO2. The molecule has 36 heavy (non-hydrogen) atoms. The van der Waals surface area contributed by atoms with Crippen molar-refractivity contribution in [3.8, 4) is 0 Å². The Bertz CT molecular complexity index is 1120. The van der Waals surface area contributed by atoms with E-state index < -0.39 is 24.0 Å². The van der Waals surface area contributed by atoms with Gasteiger partial charge < -0.3 is 4.90 Å². The Hall–Kier alpha value is -3.34. The van der Waals surface area contributed by atoms with E-state index in [4.69, 9.17) is 0 Å². The number of halogens is 2. The minimum absolute atomic E-state index is 0.173. The van der Waals surface area contributed by atoms with Crippen molar-refractivity contribution in [3.05, 3.63) is 107 Å². The molecule has 3 nitrogen and oxygen atoms in total. The third-order valence-corrected chi connectivity index (χ3v) is 6.99. The zero-order valence-corrected chi connectivity index (χ0v) is 20.5. The Kier molecular flexibility index (Phi) is 8.63. The first kappa shape index (κ1) is 25.7. The molecular weight excluding hydrogens is 456 g/mol. The Morgan fingerprint density at radius 1 is 0.750 bits per heavy atom. The van der Waals surface area contributed by atoms with E-state index in [-0.39, 0.29) is 11.5 Å². The van der Waals surface area contributed by atoms with Crippen LogP contribution in [0.5, 0.6) is 0 Å². The second-order valence-electron chi connectivity index (χ2n) is 9.67. The maximum Gasteiger partial charge on any atom is 0.330 e. The van der Waals surface area contributed by atoms with Crippen molar-refractivity contribution in [1.82, 2.24) is 4.90 Å². The number of alkyl halides is 2. The number of hydrogen-bond donors (Lipinski definition) is 0. The second kappa shape index (κ2) is 12.1. The van der Waals surface area contributed by atoms with Gasteiger partial charge in [-0.05, 0) is 55.2 Å². The lowest BCUT2D eigenvalue weighted by Gasteiger charge is -2.31. The first-order valence-electron chi connectivity index (χ1n) is 12.8. The summed E-state index contributed by atoms with van der Waals surface area (Å²) in [5.41, 5.74) is 2.69. The molecule has 0 bridgehead atoms. The fourth-order valence-electron chi connectivity index (χ4n) is 4.85. The molecule has 1 aliphatic rings. The molecule has 1 unspecified atom stereocenters. The largest absolute Gasteiger partial charge is 0.342 e. The Labute approximate surface area is 212 Å². The van der Waals surface area contributed by atoms with E-state index in [0.29, 0.717) is 32.4 Å². The van der Waals surface area contributed by atoms with Crippen molar-refractivity contribution in [2.45, 2.75) is 50.9 Å². The van der Waals surface area contributed by atoms with E-state index in [0.717, 1.165) is 36.0 Å². The minimum atomic E-state index is -3.64. The highest BCUT2D eigenvalue weighted by Crippen LogP contribution is 2.33. The molecule has 1 atom stereocenters. The molecule has 1 fully saturated rings. The summed E-state index contributed by atoms with van der Waals surface area (Å²) in [7, 11) is 0. The van der Waals surface area contributed by atoms with Crippen molar-refractivity contribution in [2.24, 2.45) is 5.92 Å². The summed E-state index contributed by atoms with van der Waals surface area (Å²) in [6.07, 6.45) is 4.01. The SMILES string of the molecule is O=C(C(CCc1ccccc1)CC(=O)C(F)(F)c1ccc(Cc2ccccc2)cc1)N1CCCCC1. The topological polar surface area (TPSA) is 37.4 Å². The quantitative estimate of drug-likeness (QED) is 0.322. The number of amides is 1. The van der Waals surface area contributed by atoms with Crippen molar-refractivity contribution in [3.63, 3.8) is 0 Å². The van der Waals surface area contributed by atoms with Crippen LogP contribution in [0.3, 0.4) is 0 Å². The number of rotatable bonds is 10. The van der Waals surface area contributed by atoms with E-state index in [1.807, 2.05) is 60.7 Å². The van der Waals surface area contributed by atoms with Crippen LogP contribution >= 0.6 is 0 Å². The van der Waals surface area contributed by atoms with Crippen LogP contribution in [-0.4, -0.2) is 29.7 Å². The fraction of sp³-hybridized carbons (Fsp3) is 0.355. The van der Waals surface area contributed by atoms with Crippen molar-refractivity contribution >= 4 is 11.7 Å². The smallest absolute Gasteiger partial charge is 0.330 e. The molecule has 0 aromatic heterocycles. The molecule has 1 aliphatic heterocycles. The number of carbonyl (C=O) groups excluding carboxylic acids is 2. The van der Waals surface area contributed by atoms with Crippen LogP contribution in [0, 0.1) is 5.92 Å². The number of piperidine rings is 1. The van der Waals surface area contributed by atoms with Gasteiger partial charge in [0.2, 0.25) is 11.7 Å². The molecule has 0 N–H and O–H groups in total. The zero-order valence-electron chi connectivity index (χ0n) is 20.5. The number of aryl methyl sites for hydroxylation is 1. The molecule has 0 radical (unpaired) electrons. The number of benzene rings is 3. The van der Waals surface area contributed by atoms with Gasteiger partial charge in [-0.15, -0.1) is 0 Å². The number of nitrogens with zero attached hydrogens (tertiary/aromatic N) is 1. The minimum Gasteiger partial charge on any atom is -0.342 e. The first-order valence-corrected chi connectivity index (χ1v) is 12.8. The monoisotopic (exact) mass is 489 g/mol. The van der Waals surface area contributed by atoms with Crippen LogP contribution in [0.25, 0.3) is 0 Å². The van der Waals surface area contributed by atoms with Crippen LogP contribution < -0.4 is 0 Å². The summed E-state index contributed by atoms with van der Waals surface area (Å²) < 4.78 is 30.5. The lowest BCUT2D eigenvalue weighted by Crippen LogP contribution is -2.41. The molecule has 1 saturated heterocycles. The van der Waals surface area contributed by atoms with Gasteiger partial charge in [-0.25, -0.2) is 0 Å². The van der Waals surface area contributed by atoms with Gasteiger partial charge in [0.05, 0.1) is 0 Å². The summed E-state index contributed by atoms with van der Waals surface area (Å²) >= 11 is 0. The van der Waals surface area contributed by atoms with Crippen LogP contribution in [-0.2, 0) is 28.4 Å². The van der Waals surface area contributed by atoms with Gasteiger partial charge in [0.1, 0.15) is 0 Å². The van der Waals surface area contributed by atoms with Gasteiger partial charge >= 0.3 is 5.92 Å². The van der Waals surface area contributed by atoms with E-state index in [9.17, 15) is 9.59 Å². The summed E-state index contributed by atoms with van der Waals surface area (Å²) in [5, 5.41) is 0. The van der Waals surface area contributed by atoms with Crippen molar-refractivity contribution in [1.29, 1.82) is 0 Å². The molecule has 3 aromatic rings. The van der Waals surface area contributed by atoms with E-state index in [1.165, 1.54) is 12.1 Å². The summed E-state index contributed by atoms with van der Waals surface area (Å²) in [6.45, 7) is 1.27. The van der Waals surface area contributed by atoms with Gasteiger partial charge in [-0.1, -0.05) is 84.9 Å². The zero-order chi connectivity index (χ0) is 25.4. The highest BCUT2D eigenvalue weighted by molar-refractivity contribution is 5.91. The molecule has 0 saturated carbocycles. The normalized spacial score (nSPS) is 14.9. The molecule has 0 aliphatic carbocycles.